The molecule has 0 saturated carbocycles. The number of hydrogen-bond acceptors (Lipinski definition) is 4. The Kier molecular flexibility index (Phi) is 6.03. The molecule has 0 unspecified atom stereocenters. The van der Waals surface area contributed by atoms with Crippen molar-refractivity contribution in [2.75, 3.05) is 16.8 Å². The van der Waals surface area contributed by atoms with E-state index in [0.29, 0.717) is 46.0 Å². The van der Waals surface area contributed by atoms with Gasteiger partial charge in [-0.15, -0.1) is 0 Å². The molecule has 5 rings (SSSR count). The molecule has 35 heavy (non-hydrogen) atoms. The van der Waals surface area contributed by atoms with Crippen LogP contribution in [0.25, 0.3) is 22.3 Å². The number of carbonyl (C=O) groups is 2. The summed E-state index contributed by atoms with van der Waals surface area (Å²) in [5.74, 6) is -0.244. The van der Waals surface area contributed by atoms with Crippen LogP contribution in [-0.4, -0.2) is 33.1 Å². The van der Waals surface area contributed by atoms with E-state index in [9.17, 15) is 9.59 Å². The number of rotatable bonds is 5. The molecule has 4 aromatic rings. The minimum absolute atomic E-state index is 0.0735. The zero-order valence-corrected chi connectivity index (χ0v) is 20.6. The molecule has 2 aromatic heterocycles. The van der Waals surface area contributed by atoms with Crippen molar-refractivity contribution in [2.24, 2.45) is 0 Å². The normalized spacial score (nSPS) is 13.7. The van der Waals surface area contributed by atoms with Crippen LogP contribution < -0.4 is 10.2 Å². The number of anilines is 2. The summed E-state index contributed by atoms with van der Waals surface area (Å²) in [4.78, 5) is 32.4. The first-order chi connectivity index (χ1) is 16.8. The van der Waals surface area contributed by atoms with E-state index in [1.165, 1.54) is 0 Å². The van der Waals surface area contributed by atoms with Crippen LogP contribution in [0, 0.1) is 6.92 Å². The molecule has 1 fully saturated rings. The third kappa shape index (κ3) is 4.28. The predicted octanol–water partition coefficient (Wildman–Crippen LogP) is 6.02. The summed E-state index contributed by atoms with van der Waals surface area (Å²) in [7, 11) is 0. The Morgan fingerprint density at radius 2 is 1.94 bits per heavy atom. The van der Waals surface area contributed by atoms with Crippen LogP contribution >= 0.6 is 11.6 Å². The average molecular weight is 488 g/mol. The van der Waals surface area contributed by atoms with Crippen molar-refractivity contribution < 1.29 is 9.59 Å². The van der Waals surface area contributed by atoms with Crippen molar-refractivity contribution in [2.45, 2.75) is 39.7 Å². The minimum Gasteiger partial charge on any atom is -0.321 e. The van der Waals surface area contributed by atoms with Gasteiger partial charge in [0.1, 0.15) is 0 Å². The number of pyridine rings is 1. The van der Waals surface area contributed by atoms with Gasteiger partial charge in [-0.1, -0.05) is 35.9 Å². The SMILES string of the molecule is Cc1ccccc1-c1cc(C(=O)Nc2cc(N3CCCC3=O)ccc2Cl)c2cnn(C(C)C)c2n1. The molecule has 3 heterocycles. The molecule has 1 saturated heterocycles. The molecule has 178 valence electrons. The van der Waals surface area contributed by atoms with Crippen LogP contribution in [0.1, 0.15) is 48.7 Å². The van der Waals surface area contributed by atoms with Crippen molar-refractivity contribution >= 4 is 45.8 Å². The van der Waals surface area contributed by atoms with Crippen LogP contribution in [0.15, 0.2) is 54.7 Å². The van der Waals surface area contributed by atoms with Gasteiger partial charge in [0.15, 0.2) is 5.65 Å². The number of carbonyl (C=O) groups excluding carboxylic acids is 2. The molecule has 7 nitrogen and oxygen atoms in total. The zero-order chi connectivity index (χ0) is 24.7. The van der Waals surface area contributed by atoms with E-state index >= 15 is 0 Å². The highest BCUT2D eigenvalue weighted by Crippen LogP contribution is 2.32. The number of aromatic nitrogens is 3. The lowest BCUT2D eigenvalue weighted by Crippen LogP contribution is -2.24. The van der Waals surface area contributed by atoms with Gasteiger partial charge in [0, 0.05) is 30.3 Å². The van der Waals surface area contributed by atoms with Crippen LogP contribution in [0.5, 0.6) is 0 Å². The summed E-state index contributed by atoms with van der Waals surface area (Å²) in [6.07, 6.45) is 3.03. The predicted molar refractivity (Wildman–Crippen MR) is 139 cm³/mol. The molecule has 0 aliphatic carbocycles. The van der Waals surface area contributed by atoms with Gasteiger partial charge >= 0.3 is 0 Å². The van der Waals surface area contributed by atoms with Crippen molar-refractivity contribution in [3.05, 3.63) is 70.9 Å². The Balaban J connectivity index is 1.58. The van der Waals surface area contributed by atoms with Crippen LogP contribution in [0.3, 0.4) is 0 Å². The van der Waals surface area contributed by atoms with E-state index in [1.54, 1.807) is 35.4 Å². The van der Waals surface area contributed by atoms with Crippen molar-refractivity contribution in [1.29, 1.82) is 0 Å². The Hall–Kier alpha value is -3.71. The molecule has 8 heteroatoms. The molecular weight excluding hydrogens is 462 g/mol. The molecular formula is C27H26ClN5O2. The Morgan fingerprint density at radius 3 is 2.66 bits per heavy atom. The maximum atomic E-state index is 13.6. The molecule has 0 bridgehead atoms. The van der Waals surface area contributed by atoms with Gasteiger partial charge in [-0.2, -0.15) is 5.10 Å². The Bertz CT molecular complexity index is 1460. The highest BCUT2D eigenvalue weighted by molar-refractivity contribution is 6.34. The molecule has 0 atom stereocenters. The smallest absolute Gasteiger partial charge is 0.256 e. The summed E-state index contributed by atoms with van der Waals surface area (Å²) in [5, 5.41) is 8.52. The average Bonchev–Trinajstić information content (AvgIpc) is 3.46. The standard InChI is InChI=1S/C27H26ClN5O2/c1-16(2)33-26-21(15-29-33)20(14-23(30-26)19-8-5-4-7-17(19)3)27(35)31-24-13-18(10-11-22(24)28)32-12-6-9-25(32)34/h4-5,7-8,10-11,13-16H,6,9,12H2,1-3H3,(H,31,35). The van der Waals surface area contributed by atoms with E-state index in [1.807, 2.05) is 49.7 Å². The van der Waals surface area contributed by atoms with Gasteiger partial charge < -0.3 is 10.2 Å². The van der Waals surface area contributed by atoms with E-state index in [-0.39, 0.29) is 17.9 Å². The molecule has 0 spiro atoms. The molecule has 1 aliphatic rings. The second-order valence-electron chi connectivity index (χ2n) is 9.06. The van der Waals surface area contributed by atoms with Crippen molar-refractivity contribution in [1.82, 2.24) is 14.8 Å². The minimum atomic E-state index is -0.317. The van der Waals surface area contributed by atoms with Crippen molar-refractivity contribution in [3.8, 4) is 11.3 Å². The second-order valence-corrected chi connectivity index (χ2v) is 9.46. The highest BCUT2D eigenvalue weighted by atomic mass is 35.5. The summed E-state index contributed by atoms with van der Waals surface area (Å²) in [5.41, 5.74) is 4.99. The lowest BCUT2D eigenvalue weighted by Gasteiger charge is -2.18. The molecule has 0 radical (unpaired) electrons. The molecule has 1 N–H and O–H groups in total. The van der Waals surface area contributed by atoms with E-state index in [2.05, 4.69) is 10.4 Å². The summed E-state index contributed by atoms with van der Waals surface area (Å²) in [6.45, 7) is 6.73. The van der Waals surface area contributed by atoms with Crippen LogP contribution in [0.4, 0.5) is 11.4 Å². The number of hydrogen-bond donors (Lipinski definition) is 1. The first-order valence-corrected chi connectivity index (χ1v) is 12.1. The maximum Gasteiger partial charge on any atom is 0.256 e. The van der Waals surface area contributed by atoms with Crippen LogP contribution in [0.2, 0.25) is 5.02 Å². The van der Waals surface area contributed by atoms with Gasteiger partial charge in [-0.3, -0.25) is 9.59 Å². The van der Waals surface area contributed by atoms with Crippen molar-refractivity contribution in [3.63, 3.8) is 0 Å². The van der Waals surface area contributed by atoms with Gasteiger partial charge in [-0.25, -0.2) is 9.67 Å². The number of fused-ring (bicyclic) bond motifs is 1. The highest BCUT2D eigenvalue weighted by Gasteiger charge is 2.24. The Morgan fingerprint density at radius 1 is 1.14 bits per heavy atom. The number of amides is 2. The van der Waals surface area contributed by atoms with Gasteiger partial charge in [0.2, 0.25) is 5.91 Å². The fourth-order valence-corrected chi connectivity index (χ4v) is 4.63. The second kappa shape index (κ2) is 9.15. The fraction of sp³-hybridized carbons (Fsp3) is 0.259. The number of halogens is 1. The summed E-state index contributed by atoms with van der Waals surface area (Å²) >= 11 is 6.44. The molecule has 2 aromatic carbocycles. The third-order valence-electron chi connectivity index (χ3n) is 6.30. The maximum absolute atomic E-state index is 13.6. The molecule has 1 aliphatic heterocycles. The zero-order valence-electron chi connectivity index (χ0n) is 19.9. The quantitative estimate of drug-likeness (QED) is 0.373. The largest absolute Gasteiger partial charge is 0.321 e. The van der Waals surface area contributed by atoms with Gasteiger partial charge in [0.05, 0.1) is 33.6 Å². The first-order valence-electron chi connectivity index (χ1n) is 11.7. The van der Waals surface area contributed by atoms with Gasteiger partial charge in [0.25, 0.3) is 5.91 Å². The molecule has 2 amide bonds. The van der Waals surface area contributed by atoms with E-state index in [4.69, 9.17) is 16.6 Å². The van der Waals surface area contributed by atoms with Crippen LogP contribution in [-0.2, 0) is 4.79 Å². The lowest BCUT2D eigenvalue weighted by atomic mass is 10.0. The number of nitrogens with one attached hydrogen (secondary N) is 1. The fourth-order valence-electron chi connectivity index (χ4n) is 4.47. The Labute approximate surface area is 208 Å². The first kappa shape index (κ1) is 23.1. The van der Waals surface area contributed by atoms with Gasteiger partial charge in [-0.05, 0) is 57.0 Å². The monoisotopic (exact) mass is 487 g/mol. The summed E-state index contributed by atoms with van der Waals surface area (Å²) < 4.78 is 1.82. The third-order valence-corrected chi connectivity index (χ3v) is 6.63. The summed E-state index contributed by atoms with van der Waals surface area (Å²) in [6, 6.07) is 15.1. The number of nitrogens with zero attached hydrogens (tertiary/aromatic N) is 4. The number of benzene rings is 2. The topological polar surface area (TPSA) is 80.1 Å². The lowest BCUT2D eigenvalue weighted by molar-refractivity contribution is -0.117. The van der Waals surface area contributed by atoms with E-state index < -0.39 is 0 Å². The number of aryl methyl sites for hydroxylation is 1. The van der Waals surface area contributed by atoms with E-state index in [0.717, 1.165) is 23.2 Å².